The van der Waals surface area contributed by atoms with Crippen molar-refractivity contribution in [1.82, 2.24) is 4.90 Å². The summed E-state index contributed by atoms with van der Waals surface area (Å²) in [4.78, 5) is 2.52. The number of benzene rings is 1. The molecule has 2 rings (SSSR count). The standard InChI is InChI=1S/C23H34F3NOSi/c1-19-17-27(18-20(2)28-19)14-9-7-5-3-4-6-8-10-15-29-22-13-11-12-21(16-22)23(24,25)26/h8,10-13,16,19-20H,3-7,9,14-15,17-18H2,1-2H3. The van der Waals surface area contributed by atoms with Gasteiger partial charge < -0.3 is 4.74 Å². The molecule has 2 unspecified atom stereocenters. The van der Waals surface area contributed by atoms with Crippen LogP contribution in [0.5, 0.6) is 0 Å². The Labute approximate surface area is 176 Å². The first-order valence-corrected chi connectivity index (χ1v) is 12.0. The first-order chi connectivity index (χ1) is 13.8. The first-order valence-electron chi connectivity index (χ1n) is 10.8. The van der Waals surface area contributed by atoms with Crippen LogP contribution in [0.25, 0.3) is 0 Å². The van der Waals surface area contributed by atoms with E-state index in [1.54, 1.807) is 6.07 Å². The lowest BCUT2D eigenvalue weighted by Gasteiger charge is -2.35. The van der Waals surface area contributed by atoms with Gasteiger partial charge in [-0.25, -0.2) is 0 Å². The topological polar surface area (TPSA) is 12.5 Å². The minimum Gasteiger partial charge on any atom is -0.373 e. The number of hydrogen-bond acceptors (Lipinski definition) is 2. The minimum atomic E-state index is -4.25. The van der Waals surface area contributed by atoms with Crippen molar-refractivity contribution in [2.24, 2.45) is 0 Å². The summed E-state index contributed by atoms with van der Waals surface area (Å²) in [6.45, 7) is 7.58. The third-order valence-electron chi connectivity index (χ3n) is 5.12. The lowest BCUT2D eigenvalue weighted by molar-refractivity contribution is -0.137. The van der Waals surface area contributed by atoms with Crippen molar-refractivity contribution >= 4 is 14.7 Å². The number of unbranched alkanes of at least 4 members (excludes halogenated alkanes) is 5. The first kappa shape index (κ1) is 24.2. The van der Waals surface area contributed by atoms with Gasteiger partial charge in [-0.3, -0.25) is 4.90 Å². The van der Waals surface area contributed by atoms with E-state index in [2.05, 4.69) is 30.9 Å². The summed E-state index contributed by atoms with van der Waals surface area (Å²) < 4.78 is 43.9. The van der Waals surface area contributed by atoms with Gasteiger partial charge >= 0.3 is 6.18 Å². The van der Waals surface area contributed by atoms with Crippen molar-refractivity contribution in [1.29, 1.82) is 0 Å². The molecule has 1 aromatic rings. The number of ether oxygens (including phenoxy) is 1. The second-order valence-electron chi connectivity index (χ2n) is 8.00. The zero-order valence-electron chi connectivity index (χ0n) is 17.7. The summed E-state index contributed by atoms with van der Waals surface area (Å²) in [5.41, 5.74) is -0.552. The number of alkyl halides is 3. The Morgan fingerprint density at radius 2 is 1.72 bits per heavy atom. The fourth-order valence-electron chi connectivity index (χ4n) is 3.78. The van der Waals surface area contributed by atoms with Gasteiger partial charge in [0, 0.05) is 13.1 Å². The molecule has 0 amide bonds. The van der Waals surface area contributed by atoms with Crippen LogP contribution in [0.3, 0.4) is 0 Å². The van der Waals surface area contributed by atoms with Crippen molar-refractivity contribution < 1.29 is 17.9 Å². The molecule has 1 fully saturated rings. The molecule has 2 atom stereocenters. The van der Waals surface area contributed by atoms with Crippen LogP contribution in [-0.4, -0.2) is 46.3 Å². The molecule has 1 heterocycles. The molecule has 162 valence electrons. The smallest absolute Gasteiger partial charge is 0.373 e. The van der Waals surface area contributed by atoms with Crippen molar-refractivity contribution in [2.45, 2.75) is 76.8 Å². The SMILES string of the molecule is CC1CN(CCCCCCCC=CC[Si]c2cccc(C(F)(F)F)c2)CC(C)O1. The van der Waals surface area contributed by atoms with Crippen LogP contribution in [0.1, 0.15) is 57.9 Å². The highest BCUT2D eigenvalue weighted by Crippen LogP contribution is 2.28. The molecule has 2 radical (unpaired) electrons. The molecule has 0 aliphatic carbocycles. The van der Waals surface area contributed by atoms with E-state index in [-0.39, 0.29) is 0 Å². The van der Waals surface area contributed by atoms with Crippen molar-refractivity contribution in [3.63, 3.8) is 0 Å². The van der Waals surface area contributed by atoms with Crippen LogP contribution in [0, 0.1) is 0 Å². The number of nitrogens with zero attached hydrogens (tertiary/aromatic N) is 1. The maximum atomic E-state index is 12.7. The average molecular weight is 426 g/mol. The van der Waals surface area contributed by atoms with Gasteiger partial charge in [0.05, 0.1) is 27.3 Å². The van der Waals surface area contributed by atoms with E-state index < -0.39 is 11.7 Å². The molecule has 1 aliphatic heterocycles. The van der Waals surface area contributed by atoms with Crippen LogP contribution in [-0.2, 0) is 10.9 Å². The molecule has 0 aromatic heterocycles. The summed E-state index contributed by atoms with van der Waals surface area (Å²) in [6.07, 6.45) is 8.03. The maximum Gasteiger partial charge on any atom is 0.416 e. The molecule has 1 saturated heterocycles. The third-order valence-corrected chi connectivity index (χ3v) is 6.28. The van der Waals surface area contributed by atoms with E-state index >= 15 is 0 Å². The highest BCUT2D eigenvalue weighted by molar-refractivity contribution is 6.53. The zero-order valence-corrected chi connectivity index (χ0v) is 18.7. The summed E-state index contributed by atoms with van der Waals surface area (Å²) in [7, 11) is 0.390. The van der Waals surface area contributed by atoms with E-state index in [0.29, 0.717) is 21.7 Å². The van der Waals surface area contributed by atoms with E-state index in [1.807, 2.05) is 0 Å². The zero-order chi connectivity index (χ0) is 21.1. The van der Waals surface area contributed by atoms with Crippen LogP contribution >= 0.6 is 0 Å². The molecule has 2 nitrogen and oxygen atoms in total. The van der Waals surface area contributed by atoms with Crippen molar-refractivity contribution in [3.05, 3.63) is 42.0 Å². The van der Waals surface area contributed by atoms with E-state index in [4.69, 9.17) is 4.74 Å². The Bertz CT molecular complexity index is 610. The van der Waals surface area contributed by atoms with Gasteiger partial charge in [-0.05, 0) is 45.7 Å². The Morgan fingerprint density at radius 3 is 2.45 bits per heavy atom. The molecule has 1 aromatic carbocycles. The Morgan fingerprint density at radius 1 is 1.03 bits per heavy atom. The van der Waals surface area contributed by atoms with E-state index in [0.717, 1.165) is 36.8 Å². The molecule has 0 spiro atoms. The highest BCUT2D eigenvalue weighted by Gasteiger charge is 2.30. The monoisotopic (exact) mass is 425 g/mol. The fraction of sp³-hybridized carbons (Fsp3) is 0.652. The number of hydrogen-bond donors (Lipinski definition) is 0. The summed E-state index contributed by atoms with van der Waals surface area (Å²) in [5.74, 6) is 0. The van der Waals surface area contributed by atoms with Crippen LogP contribution < -0.4 is 5.19 Å². The van der Waals surface area contributed by atoms with Crippen molar-refractivity contribution in [3.8, 4) is 0 Å². The van der Waals surface area contributed by atoms with Crippen molar-refractivity contribution in [2.75, 3.05) is 19.6 Å². The quantitative estimate of drug-likeness (QED) is 0.265. The summed E-state index contributed by atoms with van der Waals surface area (Å²) in [6, 6.07) is 6.49. The van der Waals surface area contributed by atoms with Gasteiger partial charge in [0.2, 0.25) is 0 Å². The van der Waals surface area contributed by atoms with Gasteiger partial charge in [0.1, 0.15) is 0 Å². The molecule has 6 heteroatoms. The lowest BCUT2D eigenvalue weighted by Crippen LogP contribution is -2.45. The van der Waals surface area contributed by atoms with E-state index in [9.17, 15) is 13.2 Å². The minimum absolute atomic E-state index is 0.347. The Kier molecular flexibility index (Phi) is 10.5. The molecule has 0 saturated carbocycles. The van der Waals surface area contributed by atoms with Gasteiger partial charge in [-0.2, -0.15) is 13.2 Å². The normalized spacial score (nSPS) is 21.1. The predicted molar refractivity (Wildman–Crippen MR) is 115 cm³/mol. The van der Waals surface area contributed by atoms with Gasteiger partial charge in [-0.1, -0.05) is 60.9 Å². The second-order valence-corrected chi connectivity index (χ2v) is 9.34. The van der Waals surface area contributed by atoms with Gasteiger partial charge in [0.15, 0.2) is 0 Å². The number of rotatable bonds is 11. The Balaban J connectivity index is 1.47. The largest absolute Gasteiger partial charge is 0.416 e. The third kappa shape index (κ3) is 9.96. The average Bonchev–Trinajstić information content (AvgIpc) is 2.65. The summed E-state index contributed by atoms with van der Waals surface area (Å²) in [5, 5.41) is 0.772. The Hall–Kier alpha value is -1.11. The second kappa shape index (κ2) is 12.6. The summed E-state index contributed by atoms with van der Waals surface area (Å²) >= 11 is 0. The van der Waals surface area contributed by atoms with Crippen LogP contribution in [0.15, 0.2) is 36.4 Å². The fourth-order valence-corrected chi connectivity index (χ4v) is 4.77. The predicted octanol–water partition coefficient (Wildman–Crippen LogP) is 5.46. The number of morpholine rings is 1. The van der Waals surface area contributed by atoms with Crippen LogP contribution in [0.2, 0.25) is 6.04 Å². The van der Waals surface area contributed by atoms with Gasteiger partial charge in [0.25, 0.3) is 0 Å². The number of halogens is 3. The molecule has 1 aliphatic rings. The molecular weight excluding hydrogens is 391 g/mol. The molecule has 0 bridgehead atoms. The molecular formula is C23H34F3NOSi. The highest BCUT2D eigenvalue weighted by atomic mass is 28.2. The molecule has 29 heavy (non-hydrogen) atoms. The maximum absolute atomic E-state index is 12.7. The molecule has 0 N–H and O–H groups in total. The lowest BCUT2D eigenvalue weighted by atomic mass is 10.1. The van der Waals surface area contributed by atoms with Gasteiger partial charge in [-0.15, -0.1) is 0 Å². The van der Waals surface area contributed by atoms with Crippen LogP contribution in [0.4, 0.5) is 13.2 Å². The number of allylic oxidation sites excluding steroid dienone is 2. The van der Waals surface area contributed by atoms with E-state index in [1.165, 1.54) is 50.8 Å².